The summed E-state index contributed by atoms with van der Waals surface area (Å²) in [5, 5.41) is 3.00. The Morgan fingerprint density at radius 1 is 1.18 bits per heavy atom. The number of thioether (sulfide) groups is 1. The van der Waals surface area contributed by atoms with Crippen LogP contribution in [-0.2, 0) is 4.79 Å². The summed E-state index contributed by atoms with van der Waals surface area (Å²) in [6.07, 6.45) is 0. The molecular weight excluding hydrogens is 372 g/mol. The number of nitrogens with one attached hydrogen (secondary N) is 1. The summed E-state index contributed by atoms with van der Waals surface area (Å²) in [5.41, 5.74) is 4.45. The second kappa shape index (κ2) is 8.69. The molecule has 28 heavy (non-hydrogen) atoms. The first-order valence-corrected chi connectivity index (χ1v) is 10.6. The number of nitrogens with zero attached hydrogens (tertiary/aromatic N) is 1. The van der Waals surface area contributed by atoms with Gasteiger partial charge < -0.3 is 15.0 Å². The maximum atomic E-state index is 13.0. The van der Waals surface area contributed by atoms with Gasteiger partial charge in [0.1, 0.15) is 11.8 Å². The number of hydrogen-bond donors (Lipinski definition) is 1. The van der Waals surface area contributed by atoms with Crippen LogP contribution >= 0.6 is 11.8 Å². The minimum absolute atomic E-state index is 0.128. The zero-order valence-corrected chi connectivity index (χ0v) is 17.6. The SMILES string of the molecule is CCOc1ccc(C(=O)N2CSCC2C(=O)Nc2cccc(C)c2C)cc1C. The van der Waals surface area contributed by atoms with E-state index in [1.807, 2.05) is 58.0 Å². The number of anilines is 1. The summed E-state index contributed by atoms with van der Waals surface area (Å²) < 4.78 is 5.55. The van der Waals surface area contributed by atoms with Crippen molar-refractivity contribution in [3.8, 4) is 5.75 Å². The first-order chi connectivity index (χ1) is 13.4. The fourth-order valence-electron chi connectivity index (χ4n) is 3.23. The molecule has 1 heterocycles. The standard InChI is InChI=1S/C22H26N2O3S/c1-5-27-20-10-9-17(11-15(20)3)22(26)24-13-28-12-19(24)21(25)23-18-8-6-7-14(2)16(18)4/h6-11,19H,5,12-13H2,1-4H3,(H,23,25). The molecule has 2 amide bonds. The van der Waals surface area contributed by atoms with E-state index in [9.17, 15) is 9.59 Å². The van der Waals surface area contributed by atoms with Crippen molar-refractivity contribution in [2.75, 3.05) is 23.6 Å². The van der Waals surface area contributed by atoms with Crippen LogP contribution in [0.2, 0.25) is 0 Å². The average Bonchev–Trinajstić information content (AvgIpc) is 3.16. The van der Waals surface area contributed by atoms with Gasteiger partial charge >= 0.3 is 0 Å². The van der Waals surface area contributed by atoms with Crippen LogP contribution in [0, 0.1) is 20.8 Å². The second-order valence-electron chi connectivity index (χ2n) is 6.94. The van der Waals surface area contributed by atoms with Crippen LogP contribution in [-0.4, -0.2) is 41.0 Å². The molecule has 1 N–H and O–H groups in total. The first kappa shape index (κ1) is 20.3. The predicted molar refractivity (Wildman–Crippen MR) is 114 cm³/mol. The van der Waals surface area contributed by atoms with E-state index in [1.165, 1.54) is 0 Å². The van der Waals surface area contributed by atoms with Crippen molar-refractivity contribution in [3.05, 3.63) is 58.7 Å². The summed E-state index contributed by atoms with van der Waals surface area (Å²) in [4.78, 5) is 27.6. The number of benzene rings is 2. The zero-order chi connectivity index (χ0) is 20.3. The van der Waals surface area contributed by atoms with Crippen molar-refractivity contribution < 1.29 is 14.3 Å². The number of hydrogen-bond acceptors (Lipinski definition) is 4. The Kier molecular flexibility index (Phi) is 6.29. The number of aryl methyl sites for hydroxylation is 2. The fraction of sp³-hybridized carbons (Fsp3) is 0.364. The van der Waals surface area contributed by atoms with E-state index in [0.717, 1.165) is 28.1 Å². The molecule has 0 bridgehead atoms. The van der Waals surface area contributed by atoms with Gasteiger partial charge in [-0.25, -0.2) is 0 Å². The minimum Gasteiger partial charge on any atom is -0.494 e. The third-order valence-electron chi connectivity index (χ3n) is 5.03. The van der Waals surface area contributed by atoms with Crippen molar-refractivity contribution in [2.45, 2.75) is 33.7 Å². The molecule has 0 aliphatic carbocycles. The van der Waals surface area contributed by atoms with Gasteiger partial charge in [0.05, 0.1) is 12.5 Å². The van der Waals surface area contributed by atoms with E-state index in [-0.39, 0.29) is 11.8 Å². The number of ether oxygens (including phenoxy) is 1. The highest BCUT2D eigenvalue weighted by molar-refractivity contribution is 7.99. The van der Waals surface area contributed by atoms with Gasteiger partial charge in [0.25, 0.3) is 5.91 Å². The van der Waals surface area contributed by atoms with Crippen LogP contribution in [0.3, 0.4) is 0 Å². The van der Waals surface area contributed by atoms with Gasteiger partial charge in [-0.1, -0.05) is 12.1 Å². The van der Waals surface area contributed by atoms with Gasteiger partial charge in [-0.3, -0.25) is 9.59 Å². The Morgan fingerprint density at radius 3 is 2.68 bits per heavy atom. The maximum Gasteiger partial charge on any atom is 0.255 e. The lowest BCUT2D eigenvalue weighted by molar-refractivity contribution is -0.119. The van der Waals surface area contributed by atoms with Crippen LogP contribution in [0.4, 0.5) is 5.69 Å². The van der Waals surface area contributed by atoms with Crippen LogP contribution in [0.5, 0.6) is 5.75 Å². The molecule has 1 aliphatic rings. The van der Waals surface area contributed by atoms with Gasteiger partial charge in [-0.15, -0.1) is 11.8 Å². The summed E-state index contributed by atoms with van der Waals surface area (Å²) in [7, 11) is 0. The lowest BCUT2D eigenvalue weighted by Crippen LogP contribution is -2.44. The quantitative estimate of drug-likeness (QED) is 0.821. The number of amides is 2. The van der Waals surface area contributed by atoms with Crippen LogP contribution < -0.4 is 10.1 Å². The summed E-state index contributed by atoms with van der Waals surface area (Å²) in [5.74, 6) is 1.61. The van der Waals surface area contributed by atoms with Gasteiger partial charge in [0.15, 0.2) is 0 Å². The highest BCUT2D eigenvalue weighted by Gasteiger charge is 2.35. The molecule has 148 valence electrons. The van der Waals surface area contributed by atoms with Crippen molar-refractivity contribution in [3.63, 3.8) is 0 Å². The molecule has 0 saturated carbocycles. The summed E-state index contributed by atoms with van der Waals surface area (Å²) in [6.45, 7) is 8.43. The Balaban J connectivity index is 1.76. The smallest absolute Gasteiger partial charge is 0.255 e. The highest BCUT2D eigenvalue weighted by atomic mass is 32.2. The molecule has 2 aromatic rings. The van der Waals surface area contributed by atoms with E-state index < -0.39 is 6.04 Å². The van der Waals surface area contributed by atoms with Gasteiger partial charge in [-0.05, 0) is 68.7 Å². The van der Waals surface area contributed by atoms with Crippen molar-refractivity contribution in [1.82, 2.24) is 4.90 Å². The normalized spacial score (nSPS) is 16.1. The summed E-state index contributed by atoms with van der Waals surface area (Å²) >= 11 is 1.59. The number of carbonyl (C=O) groups excluding carboxylic acids is 2. The first-order valence-electron chi connectivity index (χ1n) is 9.41. The third-order valence-corrected chi connectivity index (χ3v) is 6.04. The zero-order valence-electron chi connectivity index (χ0n) is 16.7. The topological polar surface area (TPSA) is 58.6 Å². The number of rotatable bonds is 5. The van der Waals surface area contributed by atoms with E-state index >= 15 is 0 Å². The summed E-state index contributed by atoms with van der Waals surface area (Å²) in [6, 6.07) is 10.8. The van der Waals surface area contributed by atoms with Gasteiger partial charge in [0, 0.05) is 17.0 Å². The Hall–Kier alpha value is -2.47. The molecule has 1 fully saturated rings. The van der Waals surface area contributed by atoms with Crippen LogP contribution in [0.1, 0.15) is 34.0 Å². The van der Waals surface area contributed by atoms with Gasteiger partial charge in [0.2, 0.25) is 5.91 Å². The molecule has 1 unspecified atom stereocenters. The van der Waals surface area contributed by atoms with Crippen LogP contribution in [0.15, 0.2) is 36.4 Å². The molecule has 1 aliphatic heterocycles. The van der Waals surface area contributed by atoms with E-state index in [0.29, 0.717) is 23.8 Å². The van der Waals surface area contributed by atoms with Crippen molar-refractivity contribution >= 4 is 29.3 Å². The lowest BCUT2D eigenvalue weighted by Gasteiger charge is -2.24. The van der Waals surface area contributed by atoms with E-state index in [2.05, 4.69) is 5.32 Å². The third kappa shape index (κ3) is 4.17. The largest absolute Gasteiger partial charge is 0.494 e. The van der Waals surface area contributed by atoms with Gasteiger partial charge in [-0.2, -0.15) is 0 Å². The molecule has 0 spiro atoms. The minimum atomic E-state index is -0.482. The molecule has 6 heteroatoms. The van der Waals surface area contributed by atoms with Crippen LogP contribution in [0.25, 0.3) is 0 Å². The van der Waals surface area contributed by atoms with E-state index in [1.54, 1.807) is 22.7 Å². The molecule has 5 nitrogen and oxygen atoms in total. The van der Waals surface area contributed by atoms with Crippen molar-refractivity contribution in [1.29, 1.82) is 0 Å². The maximum absolute atomic E-state index is 13.0. The molecule has 0 aromatic heterocycles. The Morgan fingerprint density at radius 2 is 1.96 bits per heavy atom. The molecule has 1 saturated heterocycles. The Labute approximate surface area is 170 Å². The fourth-order valence-corrected chi connectivity index (χ4v) is 4.38. The molecule has 0 radical (unpaired) electrons. The average molecular weight is 399 g/mol. The lowest BCUT2D eigenvalue weighted by atomic mass is 10.1. The molecular formula is C22H26N2O3S. The molecule has 3 rings (SSSR count). The number of carbonyl (C=O) groups is 2. The molecule has 1 atom stereocenters. The van der Waals surface area contributed by atoms with E-state index in [4.69, 9.17) is 4.74 Å². The molecule has 2 aromatic carbocycles. The Bertz CT molecular complexity index is 897. The highest BCUT2D eigenvalue weighted by Crippen LogP contribution is 2.27. The van der Waals surface area contributed by atoms with Crippen molar-refractivity contribution in [2.24, 2.45) is 0 Å². The predicted octanol–water partition coefficient (Wildman–Crippen LogP) is 4.16. The second-order valence-corrected chi connectivity index (χ2v) is 7.94. The monoisotopic (exact) mass is 398 g/mol.